The van der Waals surface area contributed by atoms with Gasteiger partial charge in [-0.25, -0.2) is 9.97 Å². The number of ether oxygens (including phenoxy) is 1. The number of nitrogens with zero attached hydrogens (tertiary/aromatic N) is 2. The first-order valence-electron chi connectivity index (χ1n) is 8.45. The van der Waals surface area contributed by atoms with Gasteiger partial charge >= 0.3 is 0 Å². The van der Waals surface area contributed by atoms with Gasteiger partial charge in [-0.2, -0.15) is 0 Å². The highest BCUT2D eigenvalue weighted by molar-refractivity contribution is 7.26. The van der Waals surface area contributed by atoms with Crippen LogP contribution in [0.1, 0.15) is 10.4 Å². The van der Waals surface area contributed by atoms with E-state index in [0.717, 1.165) is 31.4 Å². The maximum absolute atomic E-state index is 12.4. The summed E-state index contributed by atoms with van der Waals surface area (Å²) in [7, 11) is 1.50. The number of fused-ring (bicyclic) bond motifs is 3. The SMILES string of the molecule is COc1ccc(-c2ccc3c(c2)sc2c(N)ncnc23)cc1C(=O)NCC=O. The molecule has 4 aromatic rings. The standard InChI is InChI=1S/C20H16N4O3S/c1-27-15-5-3-11(8-14(15)20(26)22-6-7-25)12-2-4-13-16(9-12)28-18-17(13)23-10-24-19(18)21/h2-5,7-10H,6H2,1H3,(H,22,26)(H2,21,23,24). The predicted octanol–water partition coefficient (Wildman–Crippen LogP) is 3.03. The Morgan fingerprint density at radius 3 is 2.79 bits per heavy atom. The van der Waals surface area contributed by atoms with E-state index in [1.165, 1.54) is 24.8 Å². The number of amides is 1. The van der Waals surface area contributed by atoms with Crippen LogP contribution in [-0.4, -0.2) is 35.8 Å². The fourth-order valence-electron chi connectivity index (χ4n) is 3.07. The van der Waals surface area contributed by atoms with Crippen LogP contribution in [0.4, 0.5) is 5.82 Å². The normalized spacial score (nSPS) is 10.9. The van der Waals surface area contributed by atoms with E-state index in [4.69, 9.17) is 10.5 Å². The van der Waals surface area contributed by atoms with Crippen LogP contribution in [-0.2, 0) is 4.79 Å². The molecule has 0 aliphatic rings. The maximum Gasteiger partial charge on any atom is 0.255 e. The van der Waals surface area contributed by atoms with E-state index in [9.17, 15) is 9.59 Å². The second kappa shape index (κ2) is 7.24. The minimum atomic E-state index is -0.364. The van der Waals surface area contributed by atoms with Gasteiger partial charge < -0.3 is 20.6 Å². The summed E-state index contributed by atoms with van der Waals surface area (Å²) in [6.07, 6.45) is 2.10. The fourth-order valence-corrected chi connectivity index (χ4v) is 4.16. The van der Waals surface area contributed by atoms with Gasteiger partial charge in [-0.15, -0.1) is 11.3 Å². The van der Waals surface area contributed by atoms with Crippen LogP contribution in [0.2, 0.25) is 0 Å². The van der Waals surface area contributed by atoms with Gasteiger partial charge in [-0.3, -0.25) is 4.79 Å². The van der Waals surface area contributed by atoms with Gasteiger partial charge in [-0.05, 0) is 29.3 Å². The van der Waals surface area contributed by atoms with Crippen molar-refractivity contribution in [1.29, 1.82) is 0 Å². The third-order valence-corrected chi connectivity index (χ3v) is 5.57. The van der Waals surface area contributed by atoms with Gasteiger partial charge in [0.2, 0.25) is 0 Å². The van der Waals surface area contributed by atoms with Gasteiger partial charge in [0.25, 0.3) is 5.91 Å². The molecule has 0 saturated heterocycles. The first-order valence-corrected chi connectivity index (χ1v) is 9.27. The van der Waals surface area contributed by atoms with E-state index >= 15 is 0 Å². The van der Waals surface area contributed by atoms with Crippen molar-refractivity contribution in [3.05, 3.63) is 48.3 Å². The molecule has 140 valence electrons. The number of hydrogen-bond donors (Lipinski definition) is 2. The van der Waals surface area contributed by atoms with Crippen LogP contribution in [0.3, 0.4) is 0 Å². The lowest BCUT2D eigenvalue weighted by atomic mass is 10.0. The van der Waals surface area contributed by atoms with Crippen LogP contribution in [0, 0.1) is 0 Å². The summed E-state index contributed by atoms with van der Waals surface area (Å²) in [5.74, 6) is 0.543. The Balaban J connectivity index is 1.81. The minimum absolute atomic E-state index is 0.0532. The molecule has 0 unspecified atom stereocenters. The largest absolute Gasteiger partial charge is 0.496 e. The van der Waals surface area contributed by atoms with Crippen molar-refractivity contribution < 1.29 is 14.3 Å². The summed E-state index contributed by atoms with van der Waals surface area (Å²) in [6, 6.07) is 11.4. The summed E-state index contributed by atoms with van der Waals surface area (Å²) in [5.41, 5.74) is 8.97. The summed E-state index contributed by atoms with van der Waals surface area (Å²) in [5, 5.41) is 3.55. The zero-order chi connectivity index (χ0) is 19.7. The molecule has 2 aromatic carbocycles. The number of benzene rings is 2. The van der Waals surface area contributed by atoms with Gasteiger partial charge in [-0.1, -0.05) is 18.2 Å². The number of nitrogen functional groups attached to an aromatic ring is 1. The third-order valence-electron chi connectivity index (χ3n) is 4.40. The number of rotatable bonds is 5. The molecule has 0 atom stereocenters. The molecular formula is C20H16N4O3S. The van der Waals surface area contributed by atoms with E-state index in [1.807, 2.05) is 24.3 Å². The molecule has 0 saturated carbocycles. The number of methoxy groups -OCH3 is 1. The number of carbonyl (C=O) groups is 2. The Morgan fingerprint density at radius 2 is 2.00 bits per heavy atom. The van der Waals surface area contributed by atoms with Crippen molar-refractivity contribution >= 4 is 49.7 Å². The number of hydrogen-bond acceptors (Lipinski definition) is 7. The molecule has 4 rings (SSSR count). The highest BCUT2D eigenvalue weighted by Crippen LogP contribution is 2.37. The first-order chi connectivity index (χ1) is 13.6. The van der Waals surface area contributed by atoms with Crippen molar-refractivity contribution in [3.8, 4) is 16.9 Å². The highest BCUT2D eigenvalue weighted by Gasteiger charge is 2.15. The number of aldehydes is 1. The second-order valence-electron chi connectivity index (χ2n) is 6.04. The number of anilines is 1. The third kappa shape index (κ3) is 3.03. The smallest absolute Gasteiger partial charge is 0.255 e. The molecule has 0 radical (unpaired) electrons. The van der Waals surface area contributed by atoms with Crippen LogP contribution in [0.15, 0.2) is 42.7 Å². The average molecular weight is 392 g/mol. The number of carbonyl (C=O) groups excluding carboxylic acids is 2. The van der Waals surface area contributed by atoms with Crippen molar-refractivity contribution in [2.45, 2.75) is 0 Å². The van der Waals surface area contributed by atoms with Crippen LogP contribution in [0.5, 0.6) is 5.75 Å². The van der Waals surface area contributed by atoms with Crippen molar-refractivity contribution in [2.24, 2.45) is 0 Å². The summed E-state index contributed by atoms with van der Waals surface area (Å²) >= 11 is 1.53. The van der Waals surface area contributed by atoms with Gasteiger partial charge in [0, 0.05) is 10.1 Å². The van der Waals surface area contributed by atoms with E-state index in [2.05, 4.69) is 15.3 Å². The Bertz CT molecular complexity index is 1220. The van der Waals surface area contributed by atoms with E-state index in [0.29, 0.717) is 23.4 Å². The van der Waals surface area contributed by atoms with E-state index in [1.54, 1.807) is 12.1 Å². The van der Waals surface area contributed by atoms with Crippen molar-refractivity contribution in [2.75, 3.05) is 19.4 Å². The average Bonchev–Trinajstić information content (AvgIpc) is 3.11. The summed E-state index contributed by atoms with van der Waals surface area (Å²) < 4.78 is 7.17. The molecule has 3 N–H and O–H groups in total. The Hall–Kier alpha value is -3.52. The molecule has 7 nitrogen and oxygen atoms in total. The molecule has 0 spiro atoms. The molecule has 0 fully saturated rings. The van der Waals surface area contributed by atoms with Crippen LogP contribution >= 0.6 is 11.3 Å². The van der Waals surface area contributed by atoms with Crippen molar-refractivity contribution in [1.82, 2.24) is 15.3 Å². The number of aromatic nitrogens is 2. The van der Waals surface area contributed by atoms with E-state index < -0.39 is 0 Å². The second-order valence-corrected chi connectivity index (χ2v) is 7.09. The lowest BCUT2D eigenvalue weighted by Crippen LogP contribution is -2.25. The number of nitrogens with one attached hydrogen (secondary N) is 1. The predicted molar refractivity (Wildman–Crippen MR) is 110 cm³/mol. The lowest BCUT2D eigenvalue weighted by Gasteiger charge is -2.11. The van der Waals surface area contributed by atoms with E-state index in [-0.39, 0.29) is 12.5 Å². The molecule has 0 aliphatic heterocycles. The summed E-state index contributed by atoms with van der Waals surface area (Å²) in [6.45, 7) is -0.0532. The lowest BCUT2D eigenvalue weighted by molar-refractivity contribution is -0.107. The quantitative estimate of drug-likeness (QED) is 0.506. The summed E-state index contributed by atoms with van der Waals surface area (Å²) in [4.78, 5) is 31.3. The molecular weight excluding hydrogens is 376 g/mol. The van der Waals surface area contributed by atoms with Crippen LogP contribution < -0.4 is 15.8 Å². The molecule has 2 heterocycles. The fraction of sp³-hybridized carbons (Fsp3) is 0.100. The first kappa shape index (κ1) is 17.9. The Morgan fingerprint density at radius 1 is 1.21 bits per heavy atom. The molecule has 0 aliphatic carbocycles. The zero-order valence-electron chi connectivity index (χ0n) is 14.9. The van der Waals surface area contributed by atoms with Gasteiger partial charge in [0.1, 0.15) is 24.2 Å². The topological polar surface area (TPSA) is 107 Å². The number of thiophene rings is 1. The molecule has 2 aromatic heterocycles. The monoisotopic (exact) mass is 392 g/mol. The zero-order valence-corrected chi connectivity index (χ0v) is 15.7. The molecule has 28 heavy (non-hydrogen) atoms. The maximum atomic E-state index is 12.4. The van der Waals surface area contributed by atoms with Gasteiger partial charge in [0.15, 0.2) is 0 Å². The Kier molecular flexibility index (Phi) is 4.62. The molecule has 0 bridgehead atoms. The number of nitrogens with two attached hydrogens (primary N) is 1. The van der Waals surface area contributed by atoms with Gasteiger partial charge in [0.05, 0.1) is 29.4 Å². The molecule has 1 amide bonds. The Labute approximate surface area is 164 Å². The molecule has 8 heteroatoms. The van der Waals surface area contributed by atoms with Crippen LogP contribution in [0.25, 0.3) is 31.4 Å². The highest BCUT2D eigenvalue weighted by atomic mass is 32.1. The van der Waals surface area contributed by atoms with Crippen molar-refractivity contribution in [3.63, 3.8) is 0 Å². The minimum Gasteiger partial charge on any atom is -0.496 e.